The van der Waals surface area contributed by atoms with Crippen molar-refractivity contribution in [1.82, 2.24) is 10.3 Å². The highest BCUT2D eigenvalue weighted by atomic mass is 32.2. The zero-order valence-corrected chi connectivity index (χ0v) is 12.1. The van der Waals surface area contributed by atoms with Crippen molar-refractivity contribution in [2.45, 2.75) is 25.8 Å². The Hall–Kier alpha value is -1.57. The van der Waals surface area contributed by atoms with E-state index < -0.39 is 6.04 Å². The molecule has 110 valence electrons. The van der Waals surface area contributed by atoms with Gasteiger partial charge < -0.3 is 9.64 Å². The zero-order valence-electron chi connectivity index (χ0n) is 11.3. The van der Waals surface area contributed by atoms with Crippen molar-refractivity contribution in [3.8, 4) is 0 Å². The maximum atomic E-state index is 12.4. The van der Waals surface area contributed by atoms with E-state index in [1.54, 1.807) is 18.7 Å². The summed E-state index contributed by atoms with van der Waals surface area (Å²) >= 11 is 1.62. The highest BCUT2D eigenvalue weighted by molar-refractivity contribution is 7.99. The number of rotatable bonds is 3. The molecule has 0 aromatic heterocycles. The van der Waals surface area contributed by atoms with Crippen molar-refractivity contribution in [1.29, 1.82) is 0 Å². The molecule has 0 bridgehead atoms. The van der Waals surface area contributed by atoms with Crippen LogP contribution in [0.25, 0.3) is 0 Å². The van der Waals surface area contributed by atoms with E-state index in [0.717, 1.165) is 5.75 Å². The summed E-state index contributed by atoms with van der Waals surface area (Å²) in [6.07, 6.45) is 0.557. The first-order valence-corrected chi connectivity index (χ1v) is 7.69. The van der Waals surface area contributed by atoms with Crippen LogP contribution in [0.2, 0.25) is 0 Å². The van der Waals surface area contributed by atoms with Gasteiger partial charge in [-0.3, -0.25) is 9.59 Å². The number of hydrogen-bond acceptors (Lipinski definition) is 6. The monoisotopic (exact) mass is 299 g/mol. The third-order valence-electron chi connectivity index (χ3n) is 3.10. The van der Waals surface area contributed by atoms with Gasteiger partial charge in [-0.25, -0.2) is 10.2 Å². The molecule has 2 aliphatic rings. The Morgan fingerprint density at radius 2 is 2.30 bits per heavy atom. The van der Waals surface area contributed by atoms with Gasteiger partial charge in [-0.05, 0) is 6.92 Å². The lowest BCUT2D eigenvalue weighted by molar-refractivity contribution is -0.152. The molecule has 2 aliphatic heterocycles. The van der Waals surface area contributed by atoms with E-state index in [2.05, 4.69) is 10.5 Å². The van der Waals surface area contributed by atoms with E-state index >= 15 is 0 Å². The number of ether oxygens (including phenoxy) is 1. The Labute approximate surface area is 121 Å². The molecule has 1 fully saturated rings. The fraction of sp³-hybridized carbons (Fsp3) is 0.667. The van der Waals surface area contributed by atoms with Crippen molar-refractivity contribution >= 4 is 35.3 Å². The first kappa shape index (κ1) is 14.8. The average Bonchev–Trinajstić information content (AvgIpc) is 2.47. The predicted molar refractivity (Wildman–Crippen MR) is 74.3 cm³/mol. The van der Waals surface area contributed by atoms with Crippen molar-refractivity contribution < 1.29 is 19.1 Å². The van der Waals surface area contributed by atoms with Gasteiger partial charge in [-0.1, -0.05) is 0 Å². The standard InChI is InChI=1S/C12H17N3O4S/c1-2-19-12(18)9-7-20-6-5-15(9)11(17)8-3-4-10(16)14-13-8/h9H,2-7H2,1H3,(H,14,16). The van der Waals surface area contributed by atoms with E-state index in [4.69, 9.17) is 4.74 Å². The fourth-order valence-electron chi connectivity index (χ4n) is 2.07. The molecule has 0 radical (unpaired) electrons. The molecule has 0 aromatic carbocycles. The van der Waals surface area contributed by atoms with E-state index in [1.165, 1.54) is 4.90 Å². The topological polar surface area (TPSA) is 88.1 Å². The van der Waals surface area contributed by atoms with Crippen molar-refractivity contribution in [2.24, 2.45) is 5.10 Å². The first-order valence-electron chi connectivity index (χ1n) is 6.54. The summed E-state index contributed by atoms with van der Waals surface area (Å²) in [7, 11) is 0. The molecule has 1 unspecified atom stereocenters. The largest absolute Gasteiger partial charge is 0.464 e. The Morgan fingerprint density at radius 1 is 1.50 bits per heavy atom. The van der Waals surface area contributed by atoms with Crippen LogP contribution in [0.15, 0.2) is 5.10 Å². The van der Waals surface area contributed by atoms with Crippen LogP contribution < -0.4 is 5.43 Å². The number of carbonyl (C=O) groups excluding carboxylic acids is 3. The van der Waals surface area contributed by atoms with Crippen molar-refractivity contribution in [3.63, 3.8) is 0 Å². The molecular weight excluding hydrogens is 282 g/mol. The second-order valence-electron chi connectivity index (χ2n) is 4.43. The van der Waals surface area contributed by atoms with Crippen molar-refractivity contribution in [2.75, 3.05) is 24.7 Å². The maximum absolute atomic E-state index is 12.4. The van der Waals surface area contributed by atoms with Gasteiger partial charge in [0.05, 0.1) is 6.61 Å². The number of hydrazone groups is 1. The van der Waals surface area contributed by atoms with Crippen LogP contribution in [0.5, 0.6) is 0 Å². The molecular formula is C12H17N3O4S. The van der Waals surface area contributed by atoms with E-state index in [0.29, 0.717) is 31.0 Å². The number of amides is 2. The molecule has 2 amide bonds. The highest BCUT2D eigenvalue weighted by Gasteiger charge is 2.36. The minimum atomic E-state index is -0.568. The number of thioether (sulfide) groups is 1. The molecule has 0 saturated carbocycles. The molecule has 1 saturated heterocycles. The number of nitrogens with one attached hydrogen (secondary N) is 1. The first-order chi connectivity index (χ1) is 9.63. The fourth-order valence-corrected chi connectivity index (χ4v) is 3.11. The molecule has 8 heteroatoms. The molecule has 0 spiro atoms. The van der Waals surface area contributed by atoms with Crippen LogP contribution in [0.1, 0.15) is 19.8 Å². The van der Waals surface area contributed by atoms with Gasteiger partial charge in [-0.15, -0.1) is 0 Å². The van der Waals surface area contributed by atoms with Crippen LogP contribution in [0, 0.1) is 0 Å². The molecule has 1 N–H and O–H groups in total. The molecule has 7 nitrogen and oxygen atoms in total. The summed E-state index contributed by atoms with van der Waals surface area (Å²) in [5, 5.41) is 3.79. The summed E-state index contributed by atoms with van der Waals surface area (Å²) in [6, 6.07) is -0.568. The van der Waals surface area contributed by atoms with Gasteiger partial charge in [0.2, 0.25) is 5.91 Å². The lowest BCUT2D eigenvalue weighted by Gasteiger charge is -2.34. The number of nitrogens with zero attached hydrogens (tertiary/aromatic N) is 2. The lowest BCUT2D eigenvalue weighted by atomic mass is 10.1. The van der Waals surface area contributed by atoms with Gasteiger partial charge in [0.25, 0.3) is 5.91 Å². The van der Waals surface area contributed by atoms with Gasteiger partial charge in [0.1, 0.15) is 11.8 Å². The van der Waals surface area contributed by atoms with Crippen LogP contribution in [-0.4, -0.2) is 59.1 Å². The summed E-state index contributed by atoms with van der Waals surface area (Å²) in [6.45, 7) is 2.51. The van der Waals surface area contributed by atoms with Crippen LogP contribution in [0.4, 0.5) is 0 Å². The molecule has 20 heavy (non-hydrogen) atoms. The van der Waals surface area contributed by atoms with E-state index in [-0.39, 0.29) is 24.2 Å². The third kappa shape index (κ3) is 3.30. The molecule has 1 atom stereocenters. The number of esters is 1. The third-order valence-corrected chi connectivity index (χ3v) is 4.12. The molecule has 0 aliphatic carbocycles. The Bertz CT molecular complexity index is 452. The molecule has 0 aromatic rings. The van der Waals surface area contributed by atoms with Gasteiger partial charge in [0, 0.05) is 30.9 Å². The highest BCUT2D eigenvalue weighted by Crippen LogP contribution is 2.19. The maximum Gasteiger partial charge on any atom is 0.329 e. The lowest BCUT2D eigenvalue weighted by Crippen LogP contribution is -2.53. The minimum Gasteiger partial charge on any atom is -0.464 e. The van der Waals surface area contributed by atoms with Crippen LogP contribution >= 0.6 is 11.8 Å². The quantitative estimate of drug-likeness (QED) is 0.727. The van der Waals surface area contributed by atoms with Gasteiger partial charge >= 0.3 is 5.97 Å². The molecule has 2 heterocycles. The number of carbonyl (C=O) groups is 3. The van der Waals surface area contributed by atoms with Gasteiger partial charge in [0.15, 0.2) is 0 Å². The predicted octanol–water partition coefficient (Wildman–Crippen LogP) is -0.241. The average molecular weight is 299 g/mol. The minimum absolute atomic E-state index is 0.197. The van der Waals surface area contributed by atoms with Crippen LogP contribution in [0.3, 0.4) is 0 Å². The van der Waals surface area contributed by atoms with E-state index in [1.807, 2.05) is 0 Å². The van der Waals surface area contributed by atoms with Gasteiger partial charge in [-0.2, -0.15) is 16.9 Å². The summed E-state index contributed by atoms with van der Waals surface area (Å²) < 4.78 is 5.01. The summed E-state index contributed by atoms with van der Waals surface area (Å²) in [5.41, 5.74) is 2.60. The van der Waals surface area contributed by atoms with E-state index in [9.17, 15) is 14.4 Å². The Balaban J connectivity index is 2.09. The SMILES string of the molecule is CCOC(=O)C1CSCCN1C(=O)C1=NNC(=O)CC1. The second-order valence-corrected chi connectivity index (χ2v) is 5.58. The summed E-state index contributed by atoms with van der Waals surface area (Å²) in [4.78, 5) is 36.9. The summed E-state index contributed by atoms with van der Waals surface area (Å²) in [5.74, 6) is 0.445. The normalized spacial score (nSPS) is 22.9. The number of hydrogen-bond donors (Lipinski definition) is 1. The Morgan fingerprint density at radius 3 is 2.95 bits per heavy atom. The molecule has 2 rings (SSSR count). The second kappa shape index (κ2) is 6.74. The Kier molecular flexibility index (Phi) is 4.99. The smallest absolute Gasteiger partial charge is 0.329 e. The zero-order chi connectivity index (χ0) is 14.5. The van der Waals surface area contributed by atoms with Crippen molar-refractivity contribution in [3.05, 3.63) is 0 Å². The van der Waals surface area contributed by atoms with Crippen LogP contribution in [-0.2, 0) is 19.1 Å².